The summed E-state index contributed by atoms with van der Waals surface area (Å²) in [5, 5.41) is 3.99. The van der Waals surface area contributed by atoms with Gasteiger partial charge >= 0.3 is 18.1 Å². The summed E-state index contributed by atoms with van der Waals surface area (Å²) >= 11 is 0. The van der Waals surface area contributed by atoms with Crippen LogP contribution in [0.15, 0.2) is 115 Å². The summed E-state index contributed by atoms with van der Waals surface area (Å²) in [6, 6.07) is 31.9. The second kappa shape index (κ2) is 16.2. The quantitative estimate of drug-likeness (QED) is 0.0955. The highest BCUT2D eigenvalue weighted by Gasteiger charge is 2.45. The number of rotatable bonds is 12. The van der Waals surface area contributed by atoms with Crippen LogP contribution in [0.25, 0.3) is 0 Å². The zero-order valence-corrected chi connectivity index (χ0v) is 28.2. The molecule has 52 heavy (non-hydrogen) atoms. The van der Waals surface area contributed by atoms with Crippen molar-refractivity contribution in [3.63, 3.8) is 0 Å². The molecule has 2 heterocycles. The molecular formula is C40H36F4N2O6. The minimum atomic E-state index is -4.85. The predicted molar refractivity (Wildman–Crippen MR) is 183 cm³/mol. The van der Waals surface area contributed by atoms with Crippen molar-refractivity contribution in [2.45, 2.75) is 63.6 Å². The summed E-state index contributed by atoms with van der Waals surface area (Å²) < 4.78 is 84.4. The molecule has 4 aromatic carbocycles. The molecule has 0 amide bonds. The van der Waals surface area contributed by atoms with Gasteiger partial charge in [-0.3, -0.25) is 0 Å². The number of aromatic nitrogens is 2. The largest absolute Gasteiger partial charge is 0.459 e. The molecule has 1 saturated heterocycles. The molecule has 4 atom stereocenters. The molecular weight excluding hydrogens is 680 g/mol. The molecule has 0 bridgehead atoms. The fraction of sp³-hybridized carbons (Fsp3) is 0.275. The molecule has 0 saturated carbocycles. The molecule has 1 aliphatic heterocycles. The van der Waals surface area contributed by atoms with Gasteiger partial charge in [-0.1, -0.05) is 97.9 Å². The van der Waals surface area contributed by atoms with Gasteiger partial charge in [0, 0.05) is 6.42 Å². The van der Waals surface area contributed by atoms with Gasteiger partial charge in [-0.15, -0.1) is 0 Å². The van der Waals surface area contributed by atoms with Crippen LogP contribution in [-0.4, -0.2) is 53.0 Å². The van der Waals surface area contributed by atoms with Crippen molar-refractivity contribution < 1.29 is 46.1 Å². The highest BCUT2D eigenvalue weighted by Crippen LogP contribution is 2.39. The van der Waals surface area contributed by atoms with Crippen molar-refractivity contribution in [1.29, 1.82) is 0 Å². The summed E-state index contributed by atoms with van der Waals surface area (Å²) in [6.45, 7) is 1.29. The van der Waals surface area contributed by atoms with Gasteiger partial charge < -0.3 is 18.9 Å². The third-order valence-corrected chi connectivity index (χ3v) is 8.62. The van der Waals surface area contributed by atoms with Gasteiger partial charge in [-0.25, -0.2) is 18.7 Å². The highest BCUT2D eigenvalue weighted by atomic mass is 19.4. The van der Waals surface area contributed by atoms with E-state index >= 15 is 4.39 Å². The van der Waals surface area contributed by atoms with Crippen LogP contribution < -0.4 is 4.74 Å². The lowest BCUT2D eigenvalue weighted by Crippen LogP contribution is -2.51. The van der Waals surface area contributed by atoms with Gasteiger partial charge in [0.2, 0.25) is 12.2 Å². The summed E-state index contributed by atoms with van der Waals surface area (Å²) in [6.07, 6.45) is -11.1. The van der Waals surface area contributed by atoms with E-state index in [1.165, 1.54) is 24.3 Å². The molecule has 12 heteroatoms. The van der Waals surface area contributed by atoms with Crippen molar-refractivity contribution in [1.82, 2.24) is 9.78 Å². The number of alkyl halides is 4. The minimum Gasteiger partial charge on any atom is -0.459 e. The zero-order valence-electron chi connectivity index (χ0n) is 28.2. The van der Waals surface area contributed by atoms with Crippen molar-refractivity contribution in [2.75, 3.05) is 6.61 Å². The van der Waals surface area contributed by atoms with E-state index in [4.69, 9.17) is 18.9 Å². The van der Waals surface area contributed by atoms with Crippen LogP contribution in [0.3, 0.4) is 0 Å². The number of halogens is 4. The van der Waals surface area contributed by atoms with Crippen LogP contribution in [0.4, 0.5) is 17.6 Å². The monoisotopic (exact) mass is 716 g/mol. The molecule has 0 spiro atoms. The summed E-state index contributed by atoms with van der Waals surface area (Å²) in [4.78, 5) is 25.8. The van der Waals surface area contributed by atoms with Gasteiger partial charge in [0.1, 0.15) is 18.8 Å². The molecule has 0 radical (unpaired) electrons. The Morgan fingerprint density at radius 2 is 1.38 bits per heavy atom. The molecule has 8 nitrogen and oxygen atoms in total. The van der Waals surface area contributed by atoms with E-state index in [0.29, 0.717) is 11.1 Å². The number of carbonyl (C=O) groups excluding carboxylic acids is 2. The van der Waals surface area contributed by atoms with Gasteiger partial charge in [0.05, 0.1) is 29.7 Å². The van der Waals surface area contributed by atoms with Crippen LogP contribution in [0, 0.1) is 0 Å². The number of benzene rings is 4. The van der Waals surface area contributed by atoms with E-state index in [1.807, 2.05) is 19.1 Å². The van der Waals surface area contributed by atoms with Crippen molar-refractivity contribution in [3.8, 4) is 5.88 Å². The first-order valence-corrected chi connectivity index (χ1v) is 16.8. The topological polar surface area (TPSA) is 88.9 Å². The van der Waals surface area contributed by atoms with Crippen LogP contribution in [0.5, 0.6) is 5.88 Å². The number of ether oxygens (including phenoxy) is 4. The third-order valence-electron chi connectivity index (χ3n) is 8.62. The Labute approximate surface area is 297 Å². The van der Waals surface area contributed by atoms with Crippen LogP contribution >= 0.6 is 0 Å². The Morgan fingerprint density at radius 1 is 0.808 bits per heavy atom. The lowest BCUT2D eigenvalue weighted by molar-refractivity contribution is -0.216. The molecule has 1 fully saturated rings. The second-order valence-electron chi connectivity index (χ2n) is 12.3. The van der Waals surface area contributed by atoms with Gasteiger partial charge in [0.25, 0.3) is 0 Å². The number of carbonyl (C=O) groups is 2. The predicted octanol–water partition coefficient (Wildman–Crippen LogP) is 8.02. The first-order chi connectivity index (χ1) is 25.1. The lowest BCUT2D eigenvalue weighted by Gasteiger charge is -2.37. The lowest BCUT2D eigenvalue weighted by atomic mass is 10.0. The maximum Gasteiger partial charge on any atom is 0.435 e. The maximum atomic E-state index is 16.1. The average Bonchev–Trinajstić information content (AvgIpc) is 3.49. The van der Waals surface area contributed by atoms with E-state index in [9.17, 15) is 22.8 Å². The minimum absolute atomic E-state index is 0.0863. The summed E-state index contributed by atoms with van der Waals surface area (Å²) in [5.41, 5.74) is 1.24. The fourth-order valence-electron chi connectivity index (χ4n) is 5.89. The normalized spacial score (nSPS) is 18.8. The second-order valence-corrected chi connectivity index (χ2v) is 12.3. The van der Waals surface area contributed by atoms with E-state index in [-0.39, 0.29) is 42.0 Å². The summed E-state index contributed by atoms with van der Waals surface area (Å²) in [7, 11) is 0. The van der Waals surface area contributed by atoms with Crippen molar-refractivity contribution >= 4 is 11.9 Å². The third kappa shape index (κ3) is 8.86. The first-order valence-electron chi connectivity index (χ1n) is 16.8. The Morgan fingerprint density at radius 3 is 1.98 bits per heavy atom. The highest BCUT2D eigenvalue weighted by molar-refractivity contribution is 5.89. The zero-order chi connectivity index (χ0) is 36.7. The number of esters is 2. The van der Waals surface area contributed by atoms with Gasteiger partial charge in [-0.05, 0) is 47.4 Å². The number of aryl methyl sites for hydroxylation is 1. The van der Waals surface area contributed by atoms with E-state index in [1.54, 1.807) is 78.9 Å². The van der Waals surface area contributed by atoms with Crippen LogP contribution in [0.2, 0.25) is 0 Å². The smallest absolute Gasteiger partial charge is 0.435 e. The standard InChI is InChI=1S/C40H36F4N2O6/c1-2-26-18-20-27(21-19-26)22-31-36(40(42,43)44)45-46(24-28-12-6-3-7-13-28)37(31)52-34-23-32(51-39(48)30-16-10-5-11-17-30)35(41)33(50-34)25-49-38(47)29-14-8-4-9-15-29/h3-21,32-35H,2,22-25H2,1H3. The molecule has 4 unspecified atom stereocenters. The number of hydrogen-bond acceptors (Lipinski definition) is 7. The average molecular weight is 717 g/mol. The van der Waals surface area contributed by atoms with E-state index in [2.05, 4.69) is 5.10 Å². The Kier molecular flexibility index (Phi) is 11.3. The van der Waals surface area contributed by atoms with Gasteiger partial charge in [0.15, 0.2) is 11.9 Å². The molecule has 1 aromatic heterocycles. The van der Waals surface area contributed by atoms with Crippen molar-refractivity contribution in [2.24, 2.45) is 0 Å². The van der Waals surface area contributed by atoms with Crippen LogP contribution in [-0.2, 0) is 39.8 Å². The maximum absolute atomic E-state index is 16.1. The van der Waals surface area contributed by atoms with Crippen LogP contribution in [0.1, 0.15) is 62.0 Å². The number of nitrogens with zero attached hydrogens (tertiary/aromatic N) is 2. The van der Waals surface area contributed by atoms with Crippen molar-refractivity contribution in [3.05, 3.63) is 154 Å². The Balaban J connectivity index is 1.35. The Hall–Kier alpha value is -5.49. The SMILES string of the molecule is CCc1ccc(Cc2c(C(F)(F)F)nn(Cc3ccccc3)c2OC2CC(OC(=O)c3ccccc3)C(F)C(COC(=O)c3ccccc3)O2)cc1. The number of hydrogen-bond donors (Lipinski definition) is 0. The first kappa shape index (κ1) is 36.3. The molecule has 270 valence electrons. The molecule has 0 N–H and O–H groups in total. The molecule has 5 aromatic rings. The fourth-order valence-corrected chi connectivity index (χ4v) is 5.89. The van der Waals surface area contributed by atoms with Gasteiger partial charge in [-0.2, -0.15) is 18.3 Å². The summed E-state index contributed by atoms with van der Waals surface area (Å²) in [5.74, 6) is -1.81. The van der Waals surface area contributed by atoms with E-state index < -0.39 is 55.1 Å². The molecule has 0 aliphatic carbocycles. The van der Waals surface area contributed by atoms with E-state index in [0.717, 1.165) is 16.7 Å². The molecule has 6 rings (SSSR count). The Bertz CT molecular complexity index is 1940. The molecule has 1 aliphatic rings.